The number of carbonyl (C=O) groups excluding carboxylic acids is 2. The van der Waals surface area contributed by atoms with Gasteiger partial charge in [0.25, 0.3) is 5.91 Å². The summed E-state index contributed by atoms with van der Waals surface area (Å²) >= 11 is 0. The first kappa shape index (κ1) is 17.0. The average molecular weight is 319 g/mol. The summed E-state index contributed by atoms with van der Waals surface area (Å²) < 4.78 is 0. The Morgan fingerprint density at radius 2 is 1.83 bits per heavy atom. The van der Waals surface area contributed by atoms with Gasteiger partial charge in [-0.1, -0.05) is 18.2 Å². The minimum absolute atomic E-state index is 0.150. The van der Waals surface area contributed by atoms with Gasteiger partial charge in [-0.25, -0.2) is 0 Å². The second-order valence-electron chi connectivity index (χ2n) is 4.96. The van der Waals surface area contributed by atoms with Crippen LogP contribution in [0.5, 0.6) is 0 Å². The van der Waals surface area contributed by atoms with Crippen molar-refractivity contribution in [1.29, 1.82) is 5.26 Å². The Labute approximate surface area is 140 Å². The molecule has 24 heavy (non-hydrogen) atoms. The summed E-state index contributed by atoms with van der Waals surface area (Å²) in [5.41, 5.74) is 2.31. The molecule has 0 unspecified atom stereocenters. The molecule has 0 heterocycles. The predicted molar refractivity (Wildman–Crippen MR) is 93.3 cm³/mol. The van der Waals surface area contributed by atoms with Crippen molar-refractivity contribution < 1.29 is 9.59 Å². The van der Waals surface area contributed by atoms with Gasteiger partial charge >= 0.3 is 0 Å². The number of benzene rings is 2. The van der Waals surface area contributed by atoms with Crippen LogP contribution in [-0.2, 0) is 4.79 Å². The topological polar surface area (TPSA) is 82.0 Å². The van der Waals surface area contributed by atoms with E-state index < -0.39 is 0 Å². The number of hydrogen-bond acceptors (Lipinski definition) is 3. The molecule has 2 aromatic carbocycles. The summed E-state index contributed by atoms with van der Waals surface area (Å²) in [7, 11) is 0. The molecule has 0 spiro atoms. The zero-order valence-corrected chi connectivity index (χ0v) is 13.2. The van der Waals surface area contributed by atoms with Gasteiger partial charge in [0.05, 0.1) is 11.6 Å². The third-order valence-electron chi connectivity index (χ3n) is 3.25. The molecule has 0 atom stereocenters. The van der Waals surface area contributed by atoms with Crippen LogP contribution in [0.2, 0.25) is 0 Å². The number of nitriles is 1. The molecular formula is C19H17N3O2. The van der Waals surface area contributed by atoms with E-state index in [0.29, 0.717) is 28.9 Å². The van der Waals surface area contributed by atoms with Crippen LogP contribution in [0.1, 0.15) is 28.4 Å². The summed E-state index contributed by atoms with van der Waals surface area (Å²) in [5.74, 6) is -0.461. The molecule has 120 valence electrons. The lowest BCUT2D eigenvalue weighted by molar-refractivity contribution is -0.111. The second kappa shape index (κ2) is 8.30. The fraction of sp³-hybridized carbons (Fsp3) is 0.105. The minimum Gasteiger partial charge on any atom is -0.352 e. The van der Waals surface area contributed by atoms with Crippen molar-refractivity contribution in [2.75, 3.05) is 11.9 Å². The lowest BCUT2D eigenvalue weighted by Crippen LogP contribution is -2.22. The van der Waals surface area contributed by atoms with Gasteiger partial charge in [-0.2, -0.15) is 5.26 Å². The number of hydrogen-bond donors (Lipinski definition) is 2. The number of nitrogens with zero attached hydrogens (tertiary/aromatic N) is 1. The fourth-order valence-corrected chi connectivity index (χ4v) is 2.06. The highest BCUT2D eigenvalue weighted by Gasteiger charge is 2.04. The van der Waals surface area contributed by atoms with Crippen molar-refractivity contribution in [2.45, 2.75) is 6.92 Å². The van der Waals surface area contributed by atoms with E-state index >= 15 is 0 Å². The minimum atomic E-state index is -0.312. The highest BCUT2D eigenvalue weighted by molar-refractivity contribution is 6.02. The number of rotatable bonds is 5. The van der Waals surface area contributed by atoms with Gasteiger partial charge in [0, 0.05) is 23.9 Å². The molecule has 0 aromatic heterocycles. The quantitative estimate of drug-likeness (QED) is 0.831. The van der Waals surface area contributed by atoms with Crippen LogP contribution in [-0.4, -0.2) is 18.4 Å². The van der Waals surface area contributed by atoms with E-state index in [1.54, 1.807) is 54.6 Å². The number of carbonyl (C=O) groups is 2. The van der Waals surface area contributed by atoms with E-state index in [-0.39, 0.29) is 11.8 Å². The van der Waals surface area contributed by atoms with E-state index in [1.807, 2.05) is 6.92 Å². The Hall–Kier alpha value is -3.39. The summed E-state index contributed by atoms with van der Waals surface area (Å²) in [6.07, 6.45) is 2.96. The number of anilines is 1. The van der Waals surface area contributed by atoms with Gasteiger partial charge in [0.15, 0.2) is 0 Å². The Balaban J connectivity index is 2.01. The average Bonchev–Trinajstić information content (AvgIpc) is 2.61. The first-order valence-electron chi connectivity index (χ1n) is 7.50. The summed E-state index contributed by atoms with van der Waals surface area (Å²) in [4.78, 5) is 23.6. The monoisotopic (exact) mass is 319 g/mol. The molecule has 0 aliphatic rings. The maximum absolute atomic E-state index is 11.9. The Bertz CT molecular complexity index is 802. The molecule has 0 fully saturated rings. The van der Waals surface area contributed by atoms with E-state index in [2.05, 4.69) is 16.7 Å². The van der Waals surface area contributed by atoms with Crippen molar-refractivity contribution in [1.82, 2.24) is 5.32 Å². The lowest BCUT2D eigenvalue weighted by atomic mass is 10.1. The SMILES string of the molecule is CCNC(=O)c1ccc(NC(=O)/C=C/c2ccccc2C#N)cc1. The van der Waals surface area contributed by atoms with Crippen molar-refractivity contribution in [3.05, 3.63) is 71.3 Å². The molecule has 2 N–H and O–H groups in total. The molecule has 5 nitrogen and oxygen atoms in total. The Kier molecular flexibility index (Phi) is 5.87. The van der Waals surface area contributed by atoms with E-state index in [0.717, 1.165) is 0 Å². The molecule has 0 aliphatic carbocycles. The van der Waals surface area contributed by atoms with Gasteiger partial charge in [0.2, 0.25) is 5.91 Å². The van der Waals surface area contributed by atoms with Crippen LogP contribution in [0.25, 0.3) is 6.08 Å². The van der Waals surface area contributed by atoms with Gasteiger partial charge in [-0.05, 0) is 48.9 Å². The maximum Gasteiger partial charge on any atom is 0.251 e. The summed E-state index contributed by atoms with van der Waals surface area (Å²) in [6.45, 7) is 2.41. The molecule has 2 aromatic rings. The van der Waals surface area contributed by atoms with Crippen LogP contribution >= 0.6 is 0 Å². The molecule has 0 radical (unpaired) electrons. The van der Waals surface area contributed by atoms with E-state index in [1.165, 1.54) is 6.08 Å². The van der Waals surface area contributed by atoms with Crippen LogP contribution in [0.4, 0.5) is 5.69 Å². The van der Waals surface area contributed by atoms with Gasteiger partial charge < -0.3 is 10.6 Å². The van der Waals surface area contributed by atoms with Crippen LogP contribution < -0.4 is 10.6 Å². The van der Waals surface area contributed by atoms with Crippen LogP contribution in [0, 0.1) is 11.3 Å². The molecule has 2 rings (SSSR count). The second-order valence-corrected chi connectivity index (χ2v) is 4.96. The van der Waals surface area contributed by atoms with E-state index in [4.69, 9.17) is 5.26 Å². The zero-order valence-electron chi connectivity index (χ0n) is 13.2. The molecule has 0 aliphatic heterocycles. The van der Waals surface area contributed by atoms with E-state index in [9.17, 15) is 9.59 Å². The highest BCUT2D eigenvalue weighted by Crippen LogP contribution is 2.11. The molecule has 5 heteroatoms. The van der Waals surface area contributed by atoms with Crippen molar-refractivity contribution in [2.24, 2.45) is 0 Å². The maximum atomic E-state index is 11.9. The Morgan fingerprint density at radius 1 is 1.12 bits per heavy atom. The fourth-order valence-electron chi connectivity index (χ4n) is 2.06. The van der Waals surface area contributed by atoms with Crippen LogP contribution in [0.3, 0.4) is 0 Å². The number of nitrogens with one attached hydrogen (secondary N) is 2. The third kappa shape index (κ3) is 4.55. The van der Waals surface area contributed by atoms with Crippen molar-refractivity contribution in [3.63, 3.8) is 0 Å². The zero-order chi connectivity index (χ0) is 17.4. The standard InChI is InChI=1S/C19H17N3O2/c1-2-21-19(24)15-7-10-17(11-8-15)22-18(23)12-9-14-5-3-4-6-16(14)13-20/h3-12H,2H2,1H3,(H,21,24)(H,22,23)/b12-9+. The van der Waals surface area contributed by atoms with Crippen LogP contribution in [0.15, 0.2) is 54.6 Å². The lowest BCUT2D eigenvalue weighted by Gasteiger charge is -2.05. The molecule has 0 saturated carbocycles. The molecule has 2 amide bonds. The van der Waals surface area contributed by atoms with Crippen molar-refractivity contribution in [3.8, 4) is 6.07 Å². The Morgan fingerprint density at radius 3 is 2.50 bits per heavy atom. The van der Waals surface area contributed by atoms with Gasteiger partial charge in [0.1, 0.15) is 0 Å². The smallest absolute Gasteiger partial charge is 0.251 e. The first-order valence-corrected chi connectivity index (χ1v) is 7.50. The third-order valence-corrected chi connectivity index (χ3v) is 3.25. The molecule has 0 saturated heterocycles. The largest absolute Gasteiger partial charge is 0.352 e. The van der Waals surface area contributed by atoms with Gasteiger partial charge in [-0.15, -0.1) is 0 Å². The summed E-state index contributed by atoms with van der Waals surface area (Å²) in [6, 6.07) is 15.7. The molecule has 0 bridgehead atoms. The molecular weight excluding hydrogens is 302 g/mol. The predicted octanol–water partition coefficient (Wildman–Crippen LogP) is 2.96. The number of amides is 2. The summed E-state index contributed by atoms with van der Waals surface area (Å²) in [5, 5.41) is 14.4. The highest BCUT2D eigenvalue weighted by atomic mass is 16.2. The van der Waals surface area contributed by atoms with Gasteiger partial charge in [-0.3, -0.25) is 9.59 Å². The normalized spacial score (nSPS) is 10.2. The first-order chi connectivity index (χ1) is 11.6. The van der Waals surface area contributed by atoms with Crippen molar-refractivity contribution >= 4 is 23.6 Å².